The fraction of sp³-hybridized carbons (Fsp3) is 0.625. The predicted molar refractivity (Wildman–Crippen MR) is 74.5 cm³/mol. The molecule has 6 heteroatoms. The first-order valence-corrected chi connectivity index (χ1v) is 7.53. The van der Waals surface area contributed by atoms with Gasteiger partial charge in [0, 0.05) is 36.0 Å². The summed E-state index contributed by atoms with van der Waals surface area (Å²) in [6, 6.07) is 1.70. The van der Waals surface area contributed by atoms with Crippen molar-refractivity contribution in [3.8, 4) is 0 Å². The van der Waals surface area contributed by atoms with Crippen molar-refractivity contribution in [2.24, 2.45) is 10.8 Å². The van der Waals surface area contributed by atoms with Gasteiger partial charge in [-0.05, 0) is 25.0 Å². The van der Waals surface area contributed by atoms with Crippen LogP contribution in [0.2, 0.25) is 0 Å². The van der Waals surface area contributed by atoms with E-state index >= 15 is 0 Å². The maximum atomic E-state index is 13.8. The van der Waals surface area contributed by atoms with Crippen LogP contribution in [0, 0.1) is 28.3 Å². The molecule has 0 unspecified atom stereocenters. The molecule has 1 aromatic carbocycles. The highest BCUT2D eigenvalue weighted by atomic mass is 19.2. The minimum Gasteiger partial charge on any atom is -0.396 e. The first-order valence-electron chi connectivity index (χ1n) is 7.53. The largest absolute Gasteiger partial charge is 0.396 e. The number of halogens is 3. The molecule has 122 valence electrons. The van der Waals surface area contributed by atoms with Gasteiger partial charge in [0.25, 0.3) is 0 Å². The zero-order valence-electron chi connectivity index (χ0n) is 12.3. The lowest BCUT2D eigenvalue weighted by Crippen LogP contribution is -2.41. The fourth-order valence-electron chi connectivity index (χ4n) is 4.34. The van der Waals surface area contributed by atoms with Crippen LogP contribution < -0.4 is 0 Å². The van der Waals surface area contributed by atoms with Crippen molar-refractivity contribution in [2.75, 3.05) is 26.3 Å². The molecule has 1 saturated carbocycles. The lowest BCUT2D eigenvalue weighted by atomic mass is 9.69. The van der Waals surface area contributed by atoms with Gasteiger partial charge in [0.05, 0.1) is 13.2 Å². The highest BCUT2D eigenvalue weighted by Gasteiger charge is 2.59. The third-order valence-electron chi connectivity index (χ3n) is 5.61. The number of aliphatic hydroxyl groups is 2. The van der Waals surface area contributed by atoms with Crippen LogP contribution in [-0.2, 0) is 6.54 Å². The molecular formula is C16H20F3NO2. The minimum absolute atomic E-state index is 0.0566. The van der Waals surface area contributed by atoms with Gasteiger partial charge < -0.3 is 10.2 Å². The lowest BCUT2D eigenvalue weighted by Gasteiger charge is -2.36. The normalized spacial score (nSPS) is 31.7. The quantitative estimate of drug-likeness (QED) is 0.836. The Morgan fingerprint density at radius 2 is 1.50 bits per heavy atom. The first kappa shape index (κ1) is 15.8. The summed E-state index contributed by atoms with van der Waals surface area (Å²) >= 11 is 0. The van der Waals surface area contributed by atoms with Crippen molar-refractivity contribution < 1.29 is 23.4 Å². The summed E-state index contributed by atoms with van der Waals surface area (Å²) in [6.45, 7) is 0.744. The molecular weight excluding hydrogens is 295 g/mol. The van der Waals surface area contributed by atoms with E-state index in [-0.39, 0.29) is 25.3 Å². The summed E-state index contributed by atoms with van der Waals surface area (Å²) < 4.78 is 40.9. The van der Waals surface area contributed by atoms with Crippen LogP contribution in [0.25, 0.3) is 0 Å². The number of likely N-dealkylation sites (tertiary alicyclic amines) is 1. The SMILES string of the molecule is OC[C@@]12CCC[C@]1(CO)CN(Cc1c(F)ccc(F)c1F)C2. The van der Waals surface area contributed by atoms with Crippen LogP contribution in [0.15, 0.2) is 12.1 Å². The van der Waals surface area contributed by atoms with E-state index in [1.54, 1.807) is 0 Å². The van der Waals surface area contributed by atoms with E-state index in [0.717, 1.165) is 31.4 Å². The number of hydrogen-bond acceptors (Lipinski definition) is 3. The smallest absolute Gasteiger partial charge is 0.166 e. The molecule has 2 fully saturated rings. The summed E-state index contributed by atoms with van der Waals surface area (Å²) in [7, 11) is 0. The topological polar surface area (TPSA) is 43.7 Å². The van der Waals surface area contributed by atoms with Crippen molar-refractivity contribution in [3.63, 3.8) is 0 Å². The Balaban J connectivity index is 1.86. The van der Waals surface area contributed by atoms with Crippen LogP contribution in [0.3, 0.4) is 0 Å². The maximum Gasteiger partial charge on any atom is 0.166 e. The molecule has 0 bridgehead atoms. The number of nitrogens with zero attached hydrogens (tertiary/aromatic N) is 1. The van der Waals surface area contributed by atoms with E-state index in [1.165, 1.54) is 0 Å². The Morgan fingerprint density at radius 1 is 0.955 bits per heavy atom. The summed E-state index contributed by atoms with van der Waals surface area (Å²) in [5, 5.41) is 19.6. The van der Waals surface area contributed by atoms with E-state index in [0.29, 0.717) is 13.1 Å². The van der Waals surface area contributed by atoms with Crippen LogP contribution in [0.5, 0.6) is 0 Å². The zero-order valence-corrected chi connectivity index (χ0v) is 12.3. The molecule has 1 aliphatic carbocycles. The molecule has 22 heavy (non-hydrogen) atoms. The highest BCUT2D eigenvalue weighted by molar-refractivity contribution is 5.22. The van der Waals surface area contributed by atoms with Gasteiger partial charge in [0.1, 0.15) is 5.82 Å². The Labute approximate surface area is 127 Å². The van der Waals surface area contributed by atoms with E-state index < -0.39 is 28.3 Å². The van der Waals surface area contributed by atoms with E-state index in [9.17, 15) is 23.4 Å². The van der Waals surface area contributed by atoms with Gasteiger partial charge >= 0.3 is 0 Å². The molecule has 2 N–H and O–H groups in total. The maximum absolute atomic E-state index is 13.8. The fourth-order valence-corrected chi connectivity index (χ4v) is 4.34. The van der Waals surface area contributed by atoms with E-state index in [1.807, 2.05) is 4.90 Å². The number of aliphatic hydroxyl groups excluding tert-OH is 2. The van der Waals surface area contributed by atoms with E-state index in [2.05, 4.69) is 0 Å². The molecule has 0 spiro atoms. The average Bonchev–Trinajstić information content (AvgIpc) is 3.00. The predicted octanol–water partition coefficient (Wildman–Crippen LogP) is 2.06. The number of fused-ring (bicyclic) bond motifs is 1. The molecule has 3 rings (SSSR count). The number of benzene rings is 1. The number of hydrogen-bond donors (Lipinski definition) is 2. The zero-order chi connectivity index (χ0) is 16.0. The standard InChI is InChI=1S/C16H20F3NO2/c17-12-2-3-13(18)14(19)11(12)6-20-7-15(9-21)4-1-5-16(15,8-20)10-22/h2-3,21-22H,1,4-10H2/t15-,16+. The average molecular weight is 315 g/mol. The van der Waals surface area contributed by atoms with Gasteiger partial charge in [-0.3, -0.25) is 4.90 Å². The monoisotopic (exact) mass is 315 g/mol. The molecule has 1 saturated heterocycles. The Morgan fingerprint density at radius 3 is 2.05 bits per heavy atom. The summed E-state index contributed by atoms with van der Waals surface area (Å²) in [4.78, 5) is 1.81. The van der Waals surface area contributed by atoms with E-state index in [4.69, 9.17) is 0 Å². The summed E-state index contributed by atoms with van der Waals surface area (Å²) in [6.07, 6.45) is 2.50. The first-order chi connectivity index (χ1) is 10.5. The van der Waals surface area contributed by atoms with Crippen molar-refractivity contribution in [3.05, 3.63) is 35.1 Å². The van der Waals surface area contributed by atoms with Gasteiger partial charge in [-0.1, -0.05) is 6.42 Å². The molecule has 1 heterocycles. The third-order valence-corrected chi connectivity index (χ3v) is 5.61. The second-order valence-electron chi connectivity index (χ2n) is 6.70. The summed E-state index contributed by atoms with van der Waals surface area (Å²) in [5.41, 5.74) is -1.15. The Bertz CT molecular complexity index is 563. The van der Waals surface area contributed by atoms with Gasteiger partial charge in [-0.25, -0.2) is 13.2 Å². The molecule has 0 amide bonds. The Kier molecular flexibility index (Phi) is 3.95. The molecule has 1 aromatic rings. The van der Waals surface area contributed by atoms with Gasteiger partial charge in [0.2, 0.25) is 0 Å². The van der Waals surface area contributed by atoms with Crippen molar-refractivity contribution in [1.82, 2.24) is 4.90 Å². The van der Waals surface area contributed by atoms with Crippen molar-refractivity contribution in [2.45, 2.75) is 25.8 Å². The lowest BCUT2D eigenvalue weighted by molar-refractivity contribution is 0.00976. The van der Waals surface area contributed by atoms with Crippen LogP contribution in [0.1, 0.15) is 24.8 Å². The molecule has 0 radical (unpaired) electrons. The van der Waals surface area contributed by atoms with Crippen LogP contribution in [-0.4, -0.2) is 41.4 Å². The van der Waals surface area contributed by atoms with Crippen LogP contribution in [0.4, 0.5) is 13.2 Å². The van der Waals surface area contributed by atoms with Gasteiger partial charge in [-0.2, -0.15) is 0 Å². The van der Waals surface area contributed by atoms with Crippen LogP contribution >= 0.6 is 0 Å². The molecule has 3 nitrogen and oxygen atoms in total. The molecule has 2 atom stereocenters. The third kappa shape index (κ3) is 2.16. The summed E-state index contributed by atoms with van der Waals surface area (Å²) in [5.74, 6) is -3.00. The molecule has 2 aliphatic rings. The molecule has 0 aromatic heterocycles. The molecule has 1 aliphatic heterocycles. The number of rotatable bonds is 4. The van der Waals surface area contributed by atoms with Crippen molar-refractivity contribution in [1.29, 1.82) is 0 Å². The van der Waals surface area contributed by atoms with Gasteiger partial charge in [0.15, 0.2) is 11.6 Å². The van der Waals surface area contributed by atoms with Crippen molar-refractivity contribution >= 4 is 0 Å². The van der Waals surface area contributed by atoms with Gasteiger partial charge in [-0.15, -0.1) is 0 Å². The second kappa shape index (κ2) is 5.51. The Hall–Kier alpha value is -1.11. The second-order valence-corrected chi connectivity index (χ2v) is 6.70. The minimum atomic E-state index is -1.16. The highest BCUT2D eigenvalue weighted by Crippen LogP contribution is 2.57.